The SMILES string of the molecule is CNCC1C2C=CC(C2)C1CNC. The number of hydrogen-bond donors (Lipinski definition) is 2. The van der Waals surface area contributed by atoms with Gasteiger partial charge in [0.25, 0.3) is 0 Å². The maximum atomic E-state index is 3.32. The van der Waals surface area contributed by atoms with Gasteiger partial charge in [0.1, 0.15) is 0 Å². The van der Waals surface area contributed by atoms with Gasteiger partial charge in [-0.2, -0.15) is 0 Å². The summed E-state index contributed by atoms with van der Waals surface area (Å²) < 4.78 is 0. The van der Waals surface area contributed by atoms with E-state index in [0.29, 0.717) is 0 Å². The summed E-state index contributed by atoms with van der Waals surface area (Å²) in [6.45, 7) is 2.36. The third kappa shape index (κ3) is 1.53. The van der Waals surface area contributed by atoms with E-state index in [4.69, 9.17) is 0 Å². The summed E-state index contributed by atoms with van der Waals surface area (Å²) in [5.41, 5.74) is 0. The van der Waals surface area contributed by atoms with Crippen LogP contribution in [0, 0.1) is 23.7 Å². The Kier molecular flexibility index (Phi) is 2.70. The van der Waals surface area contributed by atoms with Gasteiger partial charge in [0, 0.05) is 0 Å². The van der Waals surface area contributed by atoms with Gasteiger partial charge in [0.2, 0.25) is 0 Å². The molecule has 4 atom stereocenters. The first-order valence-electron chi connectivity index (χ1n) is 5.34. The van der Waals surface area contributed by atoms with E-state index in [2.05, 4.69) is 36.9 Å². The molecule has 0 heterocycles. The lowest BCUT2D eigenvalue weighted by Gasteiger charge is -2.27. The Labute approximate surface area is 80.8 Å². The summed E-state index contributed by atoms with van der Waals surface area (Å²) in [4.78, 5) is 0. The highest BCUT2D eigenvalue weighted by molar-refractivity contribution is 5.14. The average Bonchev–Trinajstić information content (AvgIpc) is 2.69. The third-order valence-electron chi connectivity index (χ3n) is 3.68. The molecule has 0 aromatic carbocycles. The summed E-state index contributed by atoms with van der Waals surface area (Å²) in [5, 5.41) is 6.64. The van der Waals surface area contributed by atoms with Crippen molar-refractivity contribution in [2.75, 3.05) is 27.2 Å². The molecular weight excluding hydrogens is 160 g/mol. The van der Waals surface area contributed by atoms with E-state index in [1.807, 2.05) is 0 Å². The van der Waals surface area contributed by atoms with E-state index in [1.54, 1.807) is 0 Å². The van der Waals surface area contributed by atoms with E-state index in [-0.39, 0.29) is 0 Å². The Morgan fingerprint density at radius 2 is 1.46 bits per heavy atom. The monoisotopic (exact) mass is 180 g/mol. The van der Waals surface area contributed by atoms with Gasteiger partial charge in [-0.1, -0.05) is 12.2 Å². The van der Waals surface area contributed by atoms with Crippen molar-refractivity contribution in [2.24, 2.45) is 23.7 Å². The zero-order valence-electron chi connectivity index (χ0n) is 8.59. The highest BCUT2D eigenvalue weighted by Gasteiger charge is 2.43. The second-order valence-corrected chi connectivity index (χ2v) is 4.39. The molecular formula is C11H20N2. The van der Waals surface area contributed by atoms with Crippen molar-refractivity contribution in [3.63, 3.8) is 0 Å². The largest absolute Gasteiger partial charge is 0.319 e. The van der Waals surface area contributed by atoms with Crippen LogP contribution in [-0.4, -0.2) is 27.2 Å². The molecule has 0 aromatic rings. The fourth-order valence-corrected chi connectivity index (χ4v) is 3.10. The zero-order valence-corrected chi connectivity index (χ0v) is 8.59. The van der Waals surface area contributed by atoms with Gasteiger partial charge in [0.15, 0.2) is 0 Å². The molecule has 1 fully saturated rings. The minimum atomic E-state index is 0.857. The normalized spacial score (nSPS) is 41.7. The first-order valence-corrected chi connectivity index (χ1v) is 5.34. The van der Waals surface area contributed by atoms with Crippen molar-refractivity contribution < 1.29 is 0 Å². The first kappa shape index (κ1) is 9.22. The molecule has 74 valence electrons. The van der Waals surface area contributed by atoms with Crippen LogP contribution in [0.25, 0.3) is 0 Å². The molecule has 1 saturated carbocycles. The molecule has 0 saturated heterocycles. The van der Waals surface area contributed by atoms with Crippen LogP contribution in [0.3, 0.4) is 0 Å². The number of rotatable bonds is 4. The van der Waals surface area contributed by atoms with Gasteiger partial charge < -0.3 is 10.6 Å². The Balaban J connectivity index is 2.02. The van der Waals surface area contributed by atoms with Crippen molar-refractivity contribution >= 4 is 0 Å². The van der Waals surface area contributed by atoms with Crippen molar-refractivity contribution in [1.82, 2.24) is 10.6 Å². The molecule has 0 radical (unpaired) electrons. The van der Waals surface area contributed by atoms with Gasteiger partial charge in [-0.05, 0) is 57.3 Å². The van der Waals surface area contributed by atoms with E-state index in [1.165, 1.54) is 19.5 Å². The van der Waals surface area contributed by atoms with Crippen LogP contribution >= 0.6 is 0 Å². The molecule has 13 heavy (non-hydrogen) atoms. The molecule has 2 nitrogen and oxygen atoms in total. The first-order chi connectivity index (χ1) is 6.36. The summed E-state index contributed by atoms with van der Waals surface area (Å²) in [6, 6.07) is 0. The van der Waals surface area contributed by atoms with Gasteiger partial charge in [-0.25, -0.2) is 0 Å². The van der Waals surface area contributed by atoms with E-state index >= 15 is 0 Å². The van der Waals surface area contributed by atoms with Gasteiger partial charge in [0.05, 0.1) is 0 Å². The standard InChI is InChI=1S/C11H20N2/c1-12-6-10-8-3-4-9(5-8)11(10)7-13-2/h3-4,8-13H,5-7H2,1-2H3. The molecule has 0 aromatic heterocycles. The van der Waals surface area contributed by atoms with Crippen LogP contribution in [0.5, 0.6) is 0 Å². The number of fused-ring (bicyclic) bond motifs is 2. The van der Waals surface area contributed by atoms with Gasteiger partial charge >= 0.3 is 0 Å². The third-order valence-corrected chi connectivity index (χ3v) is 3.68. The molecule has 2 N–H and O–H groups in total. The Bertz CT molecular complexity index is 180. The molecule has 2 bridgehead atoms. The fourth-order valence-electron chi connectivity index (χ4n) is 3.10. The number of nitrogens with one attached hydrogen (secondary N) is 2. The predicted octanol–water partition coefficient (Wildman–Crippen LogP) is 0.863. The molecule has 0 spiro atoms. The molecule has 2 rings (SSSR count). The Morgan fingerprint density at radius 1 is 1.00 bits per heavy atom. The van der Waals surface area contributed by atoms with Crippen LogP contribution in [0.2, 0.25) is 0 Å². The predicted molar refractivity (Wildman–Crippen MR) is 55.6 cm³/mol. The highest BCUT2D eigenvalue weighted by Crippen LogP contribution is 2.47. The highest BCUT2D eigenvalue weighted by atomic mass is 14.9. The maximum absolute atomic E-state index is 3.32. The average molecular weight is 180 g/mol. The van der Waals surface area contributed by atoms with Crippen LogP contribution in [-0.2, 0) is 0 Å². The molecule has 4 unspecified atom stereocenters. The molecule has 2 aliphatic carbocycles. The maximum Gasteiger partial charge on any atom is -0.00145 e. The summed E-state index contributed by atoms with van der Waals surface area (Å²) >= 11 is 0. The Morgan fingerprint density at radius 3 is 1.85 bits per heavy atom. The number of hydrogen-bond acceptors (Lipinski definition) is 2. The lowest BCUT2D eigenvalue weighted by molar-refractivity contribution is 0.297. The van der Waals surface area contributed by atoms with Crippen molar-refractivity contribution in [3.8, 4) is 0 Å². The topological polar surface area (TPSA) is 24.1 Å². The van der Waals surface area contributed by atoms with E-state index < -0.39 is 0 Å². The zero-order chi connectivity index (χ0) is 9.26. The van der Waals surface area contributed by atoms with E-state index in [9.17, 15) is 0 Å². The second-order valence-electron chi connectivity index (χ2n) is 4.39. The van der Waals surface area contributed by atoms with Crippen LogP contribution in [0.15, 0.2) is 12.2 Å². The lowest BCUT2D eigenvalue weighted by Crippen LogP contribution is -2.34. The summed E-state index contributed by atoms with van der Waals surface area (Å²) in [5.74, 6) is 3.45. The van der Waals surface area contributed by atoms with Crippen LogP contribution < -0.4 is 10.6 Å². The fraction of sp³-hybridized carbons (Fsp3) is 0.818. The van der Waals surface area contributed by atoms with Crippen LogP contribution in [0.4, 0.5) is 0 Å². The van der Waals surface area contributed by atoms with Crippen molar-refractivity contribution in [2.45, 2.75) is 6.42 Å². The second kappa shape index (κ2) is 3.81. The molecule has 0 amide bonds. The van der Waals surface area contributed by atoms with Gasteiger partial charge in [-0.15, -0.1) is 0 Å². The Hall–Kier alpha value is -0.340. The minimum absolute atomic E-state index is 0.857. The molecule has 2 aliphatic rings. The van der Waals surface area contributed by atoms with Gasteiger partial charge in [-0.3, -0.25) is 0 Å². The number of allylic oxidation sites excluding steroid dienone is 2. The van der Waals surface area contributed by atoms with E-state index in [0.717, 1.165) is 23.7 Å². The quantitative estimate of drug-likeness (QED) is 0.627. The van der Waals surface area contributed by atoms with Crippen LogP contribution in [0.1, 0.15) is 6.42 Å². The smallest absolute Gasteiger partial charge is 0.00145 e. The molecule has 0 aliphatic heterocycles. The van der Waals surface area contributed by atoms with Crippen molar-refractivity contribution in [1.29, 1.82) is 0 Å². The summed E-state index contributed by atoms with van der Waals surface area (Å²) in [6.07, 6.45) is 6.26. The lowest BCUT2D eigenvalue weighted by atomic mass is 9.83. The molecule has 2 heteroatoms. The van der Waals surface area contributed by atoms with Crippen molar-refractivity contribution in [3.05, 3.63) is 12.2 Å². The summed E-state index contributed by atoms with van der Waals surface area (Å²) in [7, 11) is 4.12. The minimum Gasteiger partial charge on any atom is -0.319 e.